The topological polar surface area (TPSA) is 50.1 Å². The van der Waals surface area contributed by atoms with Crippen LogP contribution in [-0.2, 0) is 4.74 Å². The number of rotatable bonds is 2. The van der Waals surface area contributed by atoms with Crippen molar-refractivity contribution in [2.45, 2.75) is 0 Å². The third-order valence-corrected chi connectivity index (χ3v) is 2.72. The minimum absolute atomic E-state index is 0.255. The molecule has 0 aliphatic heterocycles. The first-order valence-electron chi connectivity index (χ1n) is 5.54. The van der Waals surface area contributed by atoms with Crippen LogP contribution in [0.2, 0.25) is 0 Å². The molecule has 0 bridgehead atoms. The van der Waals surface area contributed by atoms with E-state index >= 15 is 0 Å². The maximum atomic E-state index is 13.1. The standard InChI is InChI=1S/C15H10FNO2/c1-19-15(18)11-4-2-10(3-5-11)14-7-6-13(16)8-12(14)9-17/h2-8H,1H3. The Bertz CT molecular complexity index is 657. The Morgan fingerprint density at radius 1 is 1.21 bits per heavy atom. The lowest BCUT2D eigenvalue weighted by Gasteiger charge is -2.05. The molecule has 94 valence electrons. The number of nitriles is 1. The van der Waals surface area contributed by atoms with Crippen molar-refractivity contribution in [3.8, 4) is 17.2 Å². The first kappa shape index (κ1) is 12.8. The van der Waals surface area contributed by atoms with Gasteiger partial charge in [-0.3, -0.25) is 0 Å². The van der Waals surface area contributed by atoms with E-state index in [4.69, 9.17) is 5.26 Å². The fraction of sp³-hybridized carbons (Fsp3) is 0.0667. The molecule has 0 heterocycles. The molecule has 0 saturated carbocycles. The van der Waals surface area contributed by atoms with Crippen molar-refractivity contribution in [1.82, 2.24) is 0 Å². The van der Waals surface area contributed by atoms with Crippen LogP contribution in [0.5, 0.6) is 0 Å². The quantitative estimate of drug-likeness (QED) is 0.774. The highest BCUT2D eigenvalue weighted by molar-refractivity contribution is 5.90. The van der Waals surface area contributed by atoms with Crippen LogP contribution >= 0.6 is 0 Å². The summed E-state index contributed by atoms with van der Waals surface area (Å²) in [5.74, 6) is -0.877. The molecule has 4 heteroatoms. The predicted octanol–water partition coefficient (Wildman–Crippen LogP) is 3.15. The van der Waals surface area contributed by atoms with Gasteiger partial charge in [-0.2, -0.15) is 5.26 Å². The Kier molecular flexibility index (Phi) is 3.58. The number of ether oxygens (including phenoxy) is 1. The fourth-order valence-electron chi connectivity index (χ4n) is 1.76. The summed E-state index contributed by atoms with van der Waals surface area (Å²) < 4.78 is 17.7. The van der Waals surface area contributed by atoms with Crippen molar-refractivity contribution >= 4 is 5.97 Å². The largest absolute Gasteiger partial charge is 0.465 e. The maximum absolute atomic E-state index is 13.1. The van der Waals surface area contributed by atoms with E-state index in [1.807, 2.05) is 6.07 Å². The second-order valence-corrected chi connectivity index (χ2v) is 3.87. The molecule has 2 aromatic rings. The molecule has 0 N–H and O–H groups in total. The van der Waals surface area contributed by atoms with E-state index in [-0.39, 0.29) is 5.56 Å². The van der Waals surface area contributed by atoms with E-state index in [0.717, 1.165) is 5.56 Å². The number of hydrogen-bond donors (Lipinski definition) is 0. The van der Waals surface area contributed by atoms with Gasteiger partial charge in [0.15, 0.2) is 0 Å². The SMILES string of the molecule is COC(=O)c1ccc(-c2ccc(F)cc2C#N)cc1. The Morgan fingerprint density at radius 2 is 1.89 bits per heavy atom. The van der Waals surface area contributed by atoms with Crippen LogP contribution in [0.15, 0.2) is 42.5 Å². The number of hydrogen-bond acceptors (Lipinski definition) is 3. The van der Waals surface area contributed by atoms with Crippen molar-refractivity contribution in [2.24, 2.45) is 0 Å². The predicted molar refractivity (Wildman–Crippen MR) is 67.9 cm³/mol. The van der Waals surface area contributed by atoms with Crippen molar-refractivity contribution in [3.63, 3.8) is 0 Å². The smallest absolute Gasteiger partial charge is 0.337 e. The summed E-state index contributed by atoms with van der Waals surface area (Å²) in [6, 6.07) is 12.6. The molecule has 3 nitrogen and oxygen atoms in total. The van der Waals surface area contributed by atoms with Crippen LogP contribution in [0.25, 0.3) is 11.1 Å². The molecular weight excluding hydrogens is 245 g/mol. The van der Waals surface area contributed by atoms with Gasteiger partial charge in [-0.15, -0.1) is 0 Å². The van der Waals surface area contributed by atoms with E-state index in [1.54, 1.807) is 30.3 Å². The second-order valence-electron chi connectivity index (χ2n) is 3.87. The molecule has 0 aliphatic carbocycles. The summed E-state index contributed by atoms with van der Waals surface area (Å²) in [6.45, 7) is 0. The van der Waals surface area contributed by atoms with Crippen LogP contribution in [0, 0.1) is 17.1 Å². The number of carbonyl (C=O) groups is 1. The van der Waals surface area contributed by atoms with Gasteiger partial charge < -0.3 is 4.74 Å². The number of halogens is 1. The van der Waals surface area contributed by atoms with Gasteiger partial charge in [-0.1, -0.05) is 18.2 Å². The minimum Gasteiger partial charge on any atom is -0.465 e. The Morgan fingerprint density at radius 3 is 2.47 bits per heavy atom. The van der Waals surface area contributed by atoms with E-state index < -0.39 is 11.8 Å². The average Bonchev–Trinajstić information content (AvgIpc) is 2.46. The number of methoxy groups -OCH3 is 1. The lowest BCUT2D eigenvalue weighted by atomic mass is 9.99. The van der Waals surface area contributed by atoms with E-state index in [2.05, 4.69) is 4.74 Å². The molecule has 0 aromatic heterocycles. The molecule has 2 rings (SSSR count). The molecule has 0 amide bonds. The van der Waals surface area contributed by atoms with Gasteiger partial charge >= 0.3 is 5.97 Å². The lowest BCUT2D eigenvalue weighted by molar-refractivity contribution is 0.0601. The maximum Gasteiger partial charge on any atom is 0.337 e. The summed E-state index contributed by atoms with van der Waals surface area (Å²) in [4.78, 5) is 11.3. The minimum atomic E-state index is -0.452. The zero-order valence-corrected chi connectivity index (χ0v) is 10.2. The first-order chi connectivity index (χ1) is 9.15. The van der Waals surface area contributed by atoms with Gasteiger partial charge in [0.05, 0.1) is 24.3 Å². The van der Waals surface area contributed by atoms with Gasteiger partial charge in [-0.05, 0) is 35.4 Å². The highest BCUT2D eigenvalue weighted by Gasteiger charge is 2.08. The lowest BCUT2D eigenvalue weighted by Crippen LogP contribution is -2.00. The normalized spacial score (nSPS) is 9.74. The summed E-state index contributed by atoms with van der Waals surface area (Å²) in [5, 5.41) is 8.99. The monoisotopic (exact) mass is 255 g/mol. The highest BCUT2D eigenvalue weighted by Crippen LogP contribution is 2.24. The van der Waals surface area contributed by atoms with Gasteiger partial charge in [0.25, 0.3) is 0 Å². The fourth-order valence-corrected chi connectivity index (χ4v) is 1.76. The van der Waals surface area contributed by atoms with Crippen LogP contribution in [0.1, 0.15) is 15.9 Å². The zero-order chi connectivity index (χ0) is 13.8. The van der Waals surface area contributed by atoms with Crippen LogP contribution < -0.4 is 0 Å². The Hall–Kier alpha value is -2.67. The van der Waals surface area contributed by atoms with Crippen molar-refractivity contribution in [3.05, 3.63) is 59.4 Å². The molecule has 0 atom stereocenters. The molecule has 0 saturated heterocycles. The number of benzene rings is 2. The number of nitrogens with zero attached hydrogens (tertiary/aromatic N) is 1. The summed E-state index contributed by atoms with van der Waals surface area (Å²) in [5.41, 5.74) is 2.04. The van der Waals surface area contributed by atoms with Gasteiger partial charge in [-0.25, -0.2) is 9.18 Å². The first-order valence-corrected chi connectivity index (χ1v) is 5.54. The van der Waals surface area contributed by atoms with Crippen molar-refractivity contribution in [2.75, 3.05) is 7.11 Å². The third kappa shape index (κ3) is 2.61. The van der Waals surface area contributed by atoms with E-state index in [0.29, 0.717) is 11.1 Å². The van der Waals surface area contributed by atoms with Gasteiger partial charge in [0.1, 0.15) is 5.82 Å². The average molecular weight is 255 g/mol. The zero-order valence-electron chi connectivity index (χ0n) is 10.2. The molecule has 19 heavy (non-hydrogen) atoms. The highest BCUT2D eigenvalue weighted by atomic mass is 19.1. The van der Waals surface area contributed by atoms with Crippen LogP contribution in [-0.4, -0.2) is 13.1 Å². The molecule has 0 radical (unpaired) electrons. The third-order valence-electron chi connectivity index (χ3n) is 2.72. The van der Waals surface area contributed by atoms with E-state index in [1.165, 1.54) is 19.2 Å². The van der Waals surface area contributed by atoms with Gasteiger partial charge in [0.2, 0.25) is 0 Å². The summed E-state index contributed by atoms with van der Waals surface area (Å²) in [6.07, 6.45) is 0. The van der Waals surface area contributed by atoms with Crippen LogP contribution in [0.3, 0.4) is 0 Å². The summed E-state index contributed by atoms with van der Waals surface area (Å²) >= 11 is 0. The molecular formula is C15H10FNO2. The second kappa shape index (κ2) is 5.32. The summed E-state index contributed by atoms with van der Waals surface area (Å²) in [7, 11) is 1.31. The Labute approximate surface area is 109 Å². The molecule has 0 aliphatic rings. The van der Waals surface area contributed by atoms with Crippen molar-refractivity contribution < 1.29 is 13.9 Å². The molecule has 0 unspecified atom stereocenters. The number of carbonyl (C=O) groups excluding carboxylic acids is 1. The van der Waals surface area contributed by atoms with Crippen molar-refractivity contribution in [1.29, 1.82) is 5.26 Å². The molecule has 0 fully saturated rings. The molecule has 2 aromatic carbocycles. The molecule has 0 spiro atoms. The van der Waals surface area contributed by atoms with E-state index in [9.17, 15) is 9.18 Å². The number of esters is 1. The Balaban J connectivity index is 2.43. The van der Waals surface area contributed by atoms with Crippen LogP contribution in [0.4, 0.5) is 4.39 Å². The van der Waals surface area contributed by atoms with Gasteiger partial charge in [0, 0.05) is 0 Å².